The van der Waals surface area contributed by atoms with Crippen molar-refractivity contribution >= 4 is 23.9 Å². The Morgan fingerprint density at radius 1 is 0.903 bits per heavy atom. The van der Waals surface area contributed by atoms with Crippen molar-refractivity contribution in [2.75, 3.05) is 18.5 Å². The molecular weight excluding hydrogens is 390 g/mol. The molecule has 0 saturated heterocycles. The molecule has 0 heterocycles. The number of anilines is 1. The number of fused-ring (bicyclic) bond motifs is 3. The average molecular weight is 413 g/mol. The van der Waals surface area contributed by atoms with Crippen LogP contribution in [-0.2, 0) is 4.74 Å². The standard InChI is InChI=1S/C25H23N3O3/c26-24(29)28-18-13-11-17(12-14-18)6-5-15-27-25(30)31-16-23-21-9-3-1-7-19(21)20-8-2-4-10-22(20)23/h1-14,23H,15-16H2,(H,27,30)(H3,26,28,29). The molecule has 3 aromatic carbocycles. The highest BCUT2D eigenvalue weighted by atomic mass is 16.5. The minimum atomic E-state index is -0.601. The Kier molecular flexibility index (Phi) is 5.98. The summed E-state index contributed by atoms with van der Waals surface area (Å²) in [4.78, 5) is 23.0. The molecule has 0 bridgehead atoms. The van der Waals surface area contributed by atoms with E-state index >= 15 is 0 Å². The van der Waals surface area contributed by atoms with Crippen LogP contribution < -0.4 is 16.4 Å². The highest BCUT2D eigenvalue weighted by molar-refractivity contribution is 5.87. The number of carbonyl (C=O) groups is 2. The number of primary amides is 1. The molecule has 1 aliphatic rings. The molecule has 0 spiro atoms. The lowest BCUT2D eigenvalue weighted by Crippen LogP contribution is -2.26. The Morgan fingerprint density at radius 3 is 2.13 bits per heavy atom. The molecular formula is C25H23N3O3. The number of rotatable bonds is 6. The summed E-state index contributed by atoms with van der Waals surface area (Å²) in [5, 5.41) is 5.25. The van der Waals surface area contributed by atoms with Gasteiger partial charge in [0.25, 0.3) is 0 Å². The molecule has 4 rings (SSSR count). The third-order valence-corrected chi connectivity index (χ3v) is 5.20. The van der Waals surface area contributed by atoms with Gasteiger partial charge in [-0.2, -0.15) is 0 Å². The monoisotopic (exact) mass is 413 g/mol. The fourth-order valence-electron chi connectivity index (χ4n) is 3.81. The van der Waals surface area contributed by atoms with Crippen LogP contribution in [0.15, 0.2) is 78.9 Å². The number of benzene rings is 3. The lowest BCUT2D eigenvalue weighted by Gasteiger charge is -2.14. The van der Waals surface area contributed by atoms with Gasteiger partial charge in [0.2, 0.25) is 0 Å². The van der Waals surface area contributed by atoms with Crippen LogP contribution in [0, 0.1) is 0 Å². The fourth-order valence-corrected chi connectivity index (χ4v) is 3.81. The van der Waals surface area contributed by atoms with Crippen molar-refractivity contribution in [3.05, 3.63) is 95.6 Å². The maximum Gasteiger partial charge on any atom is 0.407 e. The summed E-state index contributed by atoms with van der Waals surface area (Å²) in [6, 6.07) is 23.1. The van der Waals surface area contributed by atoms with E-state index in [4.69, 9.17) is 10.5 Å². The lowest BCUT2D eigenvalue weighted by atomic mass is 9.98. The Balaban J connectivity index is 1.28. The van der Waals surface area contributed by atoms with Crippen molar-refractivity contribution in [2.45, 2.75) is 5.92 Å². The summed E-state index contributed by atoms with van der Waals surface area (Å²) in [5.41, 5.74) is 11.4. The number of urea groups is 1. The largest absolute Gasteiger partial charge is 0.449 e. The van der Waals surface area contributed by atoms with Gasteiger partial charge in [0.05, 0.1) is 0 Å². The molecule has 6 heteroatoms. The summed E-state index contributed by atoms with van der Waals surface area (Å²) in [5.74, 6) is 0.0428. The molecule has 156 valence electrons. The second kappa shape index (κ2) is 9.17. The topological polar surface area (TPSA) is 93.5 Å². The number of carbonyl (C=O) groups excluding carboxylic acids is 2. The number of ether oxygens (including phenoxy) is 1. The normalized spacial score (nSPS) is 12.3. The molecule has 4 N–H and O–H groups in total. The first-order valence-corrected chi connectivity index (χ1v) is 10.0. The third-order valence-electron chi connectivity index (χ3n) is 5.20. The van der Waals surface area contributed by atoms with E-state index in [0.29, 0.717) is 12.2 Å². The molecule has 31 heavy (non-hydrogen) atoms. The van der Waals surface area contributed by atoms with Crippen LogP contribution >= 0.6 is 0 Å². The molecule has 0 aliphatic heterocycles. The quantitative estimate of drug-likeness (QED) is 0.545. The van der Waals surface area contributed by atoms with Crippen LogP contribution in [-0.4, -0.2) is 25.3 Å². The van der Waals surface area contributed by atoms with E-state index in [1.807, 2.05) is 48.6 Å². The number of hydrogen-bond donors (Lipinski definition) is 3. The van der Waals surface area contributed by atoms with Crippen LogP contribution in [0.2, 0.25) is 0 Å². The van der Waals surface area contributed by atoms with Gasteiger partial charge in [0.1, 0.15) is 6.61 Å². The van der Waals surface area contributed by atoms with Gasteiger partial charge in [-0.25, -0.2) is 9.59 Å². The van der Waals surface area contributed by atoms with Gasteiger partial charge in [-0.1, -0.05) is 72.8 Å². The van der Waals surface area contributed by atoms with Crippen molar-refractivity contribution in [3.63, 3.8) is 0 Å². The first-order chi connectivity index (χ1) is 15.1. The number of amides is 3. The van der Waals surface area contributed by atoms with E-state index in [0.717, 1.165) is 5.56 Å². The number of hydrogen-bond acceptors (Lipinski definition) is 3. The summed E-state index contributed by atoms with van der Waals surface area (Å²) < 4.78 is 5.51. The van der Waals surface area contributed by atoms with E-state index < -0.39 is 12.1 Å². The van der Waals surface area contributed by atoms with Crippen molar-refractivity contribution < 1.29 is 14.3 Å². The van der Waals surface area contributed by atoms with Gasteiger partial charge in [-0.3, -0.25) is 0 Å². The van der Waals surface area contributed by atoms with E-state index in [1.54, 1.807) is 12.1 Å². The van der Waals surface area contributed by atoms with Crippen LogP contribution in [0.1, 0.15) is 22.6 Å². The zero-order valence-electron chi connectivity index (χ0n) is 16.9. The van der Waals surface area contributed by atoms with Gasteiger partial charge in [-0.15, -0.1) is 0 Å². The van der Waals surface area contributed by atoms with Crippen LogP contribution in [0.25, 0.3) is 17.2 Å². The van der Waals surface area contributed by atoms with Crippen LogP contribution in [0.3, 0.4) is 0 Å². The summed E-state index contributed by atoms with van der Waals surface area (Å²) in [7, 11) is 0. The van der Waals surface area contributed by atoms with E-state index in [2.05, 4.69) is 34.9 Å². The fraction of sp³-hybridized carbons (Fsp3) is 0.120. The Bertz CT molecular complexity index is 1080. The van der Waals surface area contributed by atoms with Crippen LogP contribution in [0.4, 0.5) is 15.3 Å². The molecule has 0 saturated carbocycles. The van der Waals surface area contributed by atoms with Crippen molar-refractivity contribution in [2.24, 2.45) is 5.73 Å². The molecule has 0 fully saturated rings. The zero-order chi connectivity index (χ0) is 21.6. The first-order valence-electron chi connectivity index (χ1n) is 10.0. The van der Waals surface area contributed by atoms with Crippen molar-refractivity contribution in [3.8, 4) is 11.1 Å². The Hall–Kier alpha value is -4.06. The molecule has 0 atom stereocenters. The Labute approximate surface area is 180 Å². The summed E-state index contributed by atoms with van der Waals surface area (Å²) in [6.45, 7) is 0.635. The van der Waals surface area contributed by atoms with E-state index in [1.165, 1.54) is 22.3 Å². The molecule has 0 radical (unpaired) electrons. The first kappa shape index (κ1) is 20.2. The minimum Gasteiger partial charge on any atom is -0.449 e. The van der Waals surface area contributed by atoms with Crippen LogP contribution in [0.5, 0.6) is 0 Å². The van der Waals surface area contributed by atoms with Gasteiger partial charge >= 0.3 is 12.1 Å². The molecule has 6 nitrogen and oxygen atoms in total. The van der Waals surface area contributed by atoms with E-state index in [-0.39, 0.29) is 12.5 Å². The maximum absolute atomic E-state index is 12.2. The average Bonchev–Trinajstić information content (AvgIpc) is 3.10. The molecule has 1 aliphatic carbocycles. The summed E-state index contributed by atoms with van der Waals surface area (Å²) in [6.07, 6.45) is 3.25. The highest BCUT2D eigenvalue weighted by Crippen LogP contribution is 2.44. The second-order valence-electron chi connectivity index (χ2n) is 7.22. The Morgan fingerprint density at radius 2 is 1.52 bits per heavy atom. The number of alkyl carbamates (subject to hydrolysis) is 1. The zero-order valence-corrected chi connectivity index (χ0v) is 16.9. The van der Waals surface area contributed by atoms with Gasteiger partial charge < -0.3 is 21.1 Å². The molecule has 0 unspecified atom stereocenters. The minimum absolute atomic E-state index is 0.0428. The van der Waals surface area contributed by atoms with Gasteiger partial charge in [0.15, 0.2) is 0 Å². The smallest absolute Gasteiger partial charge is 0.407 e. The number of nitrogens with two attached hydrogens (primary N) is 1. The highest BCUT2D eigenvalue weighted by Gasteiger charge is 2.28. The van der Waals surface area contributed by atoms with Crippen molar-refractivity contribution in [1.29, 1.82) is 0 Å². The van der Waals surface area contributed by atoms with Crippen molar-refractivity contribution in [1.82, 2.24) is 5.32 Å². The van der Waals surface area contributed by atoms with E-state index in [9.17, 15) is 9.59 Å². The summed E-state index contributed by atoms with van der Waals surface area (Å²) >= 11 is 0. The molecule has 3 aromatic rings. The maximum atomic E-state index is 12.2. The SMILES string of the molecule is NC(=O)Nc1ccc(C=CCNC(=O)OCC2c3ccccc3-c3ccccc32)cc1. The molecule has 3 amide bonds. The third kappa shape index (κ3) is 4.75. The lowest BCUT2D eigenvalue weighted by molar-refractivity contribution is 0.144. The molecule has 0 aromatic heterocycles. The predicted molar refractivity (Wildman–Crippen MR) is 122 cm³/mol. The number of nitrogens with one attached hydrogen (secondary N) is 2. The predicted octanol–water partition coefficient (Wildman–Crippen LogP) is 4.73. The van der Waals surface area contributed by atoms with Gasteiger partial charge in [0, 0.05) is 18.2 Å². The van der Waals surface area contributed by atoms with Gasteiger partial charge in [-0.05, 0) is 39.9 Å². The second-order valence-corrected chi connectivity index (χ2v) is 7.22.